The van der Waals surface area contributed by atoms with Gasteiger partial charge in [-0.05, 0) is 12.1 Å². The van der Waals surface area contributed by atoms with Crippen molar-refractivity contribution in [3.63, 3.8) is 0 Å². The number of benzene rings is 1. The van der Waals surface area contributed by atoms with Crippen molar-refractivity contribution in [2.75, 3.05) is 33.8 Å². The van der Waals surface area contributed by atoms with E-state index < -0.39 is 24.1 Å². The first-order chi connectivity index (χ1) is 13.4. The van der Waals surface area contributed by atoms with Gasteiger partial charge in [-0.25, -0.2) is 9.37 Å². The molecule has 2 aliphatic heterocycles. The molecule has 3 rings (SSSR count). The number of aliphatic hydroxyl groups excluding tert-OH is 1. The predicted molar refractivity (Wildman–Crippen MR) is 103 cm³/mol. The van der Waals surface area contributed by atoms with Crippen LogP contribution in [0.15, 0.2) is 48.0 Å². The van der Waals surface area contributed by atoms with Crippen LogP contribution in [0.5, 0.6) is 5.75 Å². The SMILES string of the molecule is C=CCNC1=[N+](CC(O)COc2ccccc2)C2C(=O)N(C)C(=O)N(C)C2=N1. The first-order valence-electron chi connectivity index (χ1n) is 8.92. The van der Waals surface area contributed by atoms with Gasteiger partial charge in [0.1, 0.15) is 18.5 Å². The lowest BCUT2D eigenvalue weighted by atomic mass is 10.1. The van der Waals surface area contributed by atoms with Gasteiger partial charge in [0.15, 0.2) is 0 Å². The van der Waals surface area contributed by atoms with Crippen LogP contribution >= 0.6 is 0 Å². The molecule has 9 nitrogen and oxygen atoms in total. The fraction of sp³-hybridized carbons (Fsp3) is 0.368. The van der Waals surface area contributed by atoms with E-state index in [2.05, 4.69) is 16.9 Å². The fourth-order valence-corrected chi connectivity index (χ4v) is 3.08. The fourth-order valence-electron chi connectivity index (χ4n) is 3.08. The molecule has 0 aliphatic carbocycles. The van der Waals surface area contributed by atoms with Crippen LogP contribution in [-0.2, 0) is 4.79 Å². The monoisotopic (exact) mass is 386 g/mol. The summed E-state index contributed by atoms with van der Waals surface area (Å²) in [5.41, 5.74) is 0. The van der Waals surface area contributed by atoms with Gasteiger partial charge in [0.2, 0.25) is 11.9 Å². The number of carbonyl (C=O) groups excluding carboxylic acids is 2. The minimum Gasteiger partial charge on any atom is -0.491 e. The first kappa shape index (κ1) is 19.6. The number of hydrogen-bond acceptors (Lipinski definition) is 6. The number of aliphatic hydroxyl groups is 1. The van der Waals surface area contributed by atoms with Gasteiger partial charge in [-0.15, -0.1) is 0 Å². The van der Waals surface area contributed by atoms with Gasteiger partial charge in [-0.3, -0.25) is 19.9 Å². The lowest BCUT2D eigenvalue weighted by Gasteiger charge is -2.32. The number of urea groups is 1. The summed E-state index contributed by atoms with van der Waals surface area (Å²) in [6, 6.07) is 7.93. The zero-order chi connectivity index (χ0) is 20.3. The molecule has 3 amide bonds. The largest absolute Gasteiger partial charge is 0.491 e. The molecule has 1 aromatic rings. The number of nitrogens with one attached hydrogen (secondary N) is 1. The highest BCUT2D eigenvalue weighted by Gasteiger charge is 2.51. The molecule has 2 aliphatic rings. The summed E-state index contributed by atoms with van der Waals surface area (Å²) in [6.07, 6.45) is 0.779. The number of carbonyl (C=O) groups is 2. The number of hydrogen-bond donors (Lipinski definition) is 2. The number of guanidine groups is 1. The molecular formula is C19H24N5O4+. The van der Waals surface area contributed by atoms with Crippen LogP contribution in [0, 0.1) is 0 Å². The van der Waals surface area contributed by atoms with Crippen LogP contribution in [0.25, 0.3) is 0 Å². The zero-order valence-electron chi connectivity index (χ0n) is 15.9. The van der Waals surface area contributed by atoms with Gasteiger partial charge in [0.25, 0.3) is 5.91 Å². The maximum atomic E-state index is 12.7. The van der Waals surface area contributed by atoms with Gasteiger partial charge in [0.05, 0.1) is 13.1 Å². The molecule has 2 N–H and O–H groups in total. The third-order valence-corrected chi connectivity index (χ3v) is 4.53. The molecule has 0 bridgehead atoms. The summed E-state index contributed by atoms with van der Waals surface area (Å²) in [5, 5.41) is 13.6. The number of fused-ring (bicyclic) bond motifs is 1. The van der Waals surface area contributed by atoms with E-state index in [0.29, 0.717) is 24.1 Å². The number of nitrogens with zero attached hydrogens (tertiary/aromatic N) is 4. The highest BCUT2D eigenvalue weighted by molar-refractivity contribution is 6.22. The third-order valence-electron chi connectivity index (χ3n) is 4.53. The Morgan fingerprint density at radius 3 is 2.71 bits per heavy atom. The van der Waals surface area contributed by atoms with Crippen LogP contribution in [0.3, 0.4) is 0 Å². The number of likely N-dealkylation sites (N-methyl/N-ethyl adjacent to an activating group) is 2. The van der Waals surface area contributed by atoms with Crippen molar-refractivity contribution in [2.24, 2.45) is 4.99 Å². The standard InChI is InChI=1S/C19H23N5O4/c1-4-10-20-18-21-16-15(17(26)23(3)19(27)22(16)2)24(18)11-13(25)12-28-14-8-6-5-7-9-14/h4-9,13,15,25H,1,10-12H2,2-3H3/p+1. The average molecular weight is 386 g/mol. The van der Waals surface area contributed by atoms with Crippen LogP contribution in [0.2, 0.25) is 0 Å². The second kappa shape index (κ2) is 8.22. The molecule has 9 heteroatoms. The molecule has 1 aromatic carbocycles. The van der Waals surface area contributed by atoms with Gasteiger partial charge in [-0.1, -0.05) is 35.8 Å². The number of amides is 3. The summed E-state index contributed by atoms with van der Waals surface area (Å²) in [5.74, 6) is 0.985. The Labute approximate surface area is 163 Å². The molecule has 0 spiro atoms. The van der Waals surface area contributed by atoms with Crippen molar-refractivity contribution in [1.82, 2.24) is 15.1 Å². The van der Waals surface area contributed by atoms with Crippen molar-refractivity contribution >= 4 is 23.7 Å². The van der Waals surface area contributed by atoms with Crippen LogP contribution < -0.4 is 10.1 Å². The summed E-state index contributed by atoms with van der Waals surface area (Å²) < 4.78 is 7.25. The quantitative estimate of drug-likeness (QED) is 0.503. The maximum Gasteiger partial charge on any atom is 0.390 e. The van der Waals surface area contributed by atoms with E-state index in [1.807, 2.05) is 18.2 Å². The Kier molecular flexibility index (Phi) is 5.74. The zero-order valence-corrected chi connectivity index (χ0v) is 15.9. The van der Waals surface area contributed by atoms with Crippen molar-refractivity contribution in [1.29, 1.82) is 0 Å². The highest BCUT2D eigenvalue weighted by Crippen LogP contribution is 2.19. The van der Waals surface area contributed by atoms with E-state index in [1.165, 1.54) is 11.9 Å². The second-order valence-corrected chi connectivity index (χ2v) is 6.53. The number of imide groups is 1. The number of aliphatic imine (C=N–C) groups is 1. The van der Waals surface area contributed by atoms with E-state index in [4.69, 9.17) is 4.74 Å². The number of para-hydroxylation sites is 1. The van der Waals surface area contributed by atoms with Crippen molar-refractivity contribution in [3.05, 3.63) is 43.0 Å². The lowest BCUT2D eigenvalue weighted by Crippen LogP contribution is -2.62. The molecule has 28 heavy (non-hydrogen) atoms. The molecule has 2 unspecified atom stereocenters. The van der Waals surface area contributed by atoms with Crippen LogP contribution in [0.4, 0.5) is 4.79 Å². The number of amidine groups is 1. The molecule has 0 radical (unpaired) electrons. The number of β-amino-alcohol motifs (C(OH)–C–C–N with tert-alkyl or cyclic N) is 1. The van der Waals surface area contributed by atoms with E-state index in [1.54, 1.807) is 29.8 Å². The molecule has 0 saturated carbocycles. The minimum absolute atomic E-state index is 0.0517. The third kappa shape index (κ3) is 3.74. The van der Waals surface area contributed by atoms with Crippen LogP contribution in [-0.4, -0.2) is 89.2 Å². The predicted octanol–water partition coefficient (Wildman–Crippen LogP) is -0.125. The minimum atomic E-state index is -0.878. The summed E-state index contributed by atoms with van der Waals surface area (Å²) in [6.45, 7) is 4.24. The van der Waals surface area contributed by atoms with E-state index >= 15 is 0 Å². The van der Waals surface area contributed by atoms with Gasteiger partial charge < -0.3 is 9.84 Å². The maximum absolute atomic E-state index is 12.7. The molecule has 2 heterocycles. The Bertz CT molecular complexity index is 836. The number of rotatable bonds is 7. The molecule has 0 aromatic heterocycles. The average Bonchev–Trinajstić information content (AvgIpc) is 3.06. The smallest absolute Gasteiger partial charge is 0.390 e. The van der Waals surface area contributed by atoms with Gasteiger partial charge in [-0.2, -0.15) is 0 Å². The Morgan fingerprint density at radius 2 is 2.04 bits per heavy atom. The normalized spacial score (nSPS) is 20.1. The molecule has 2 atom stereocenters. The van der Waals surface area contributed by atoms with Crippen molar-refractivity contribution in [2.45, 2.75) is 12.1 Å². The Balaban J connectivity index is 1.78. The Morgan fingerprint density at radius 1 is 1.32 bits per heavy atom. The molecule has 1 saturated heterocycles. The van der Waals surface area contributed by atoms with Gasteiger partial charge >= 0.3 is 12.0 Å². The molecule has 1 fully saturated rings. The summed E-state index contributed by atoms with van der Waals surface area (Å²) >= 11 is 0. The topological polar surface area (TPSA) is 97.5 Å². The van der Waals surface area contributed by atoms with E-state index in [-0.39, 0.29) is 13.2 Å². The van der Waals surface area contributed by atoms with Gasteiger partial charge in [0, 0.05) is 14.1 Å². The van der Waals surface area contributed by atoms with E-state index in [9.17, 15) is 14.7 Å². The number of ether oxygens (including phenoxy) is 1. The first-order valence-corrected chi connectivity index (χ1v) is 8.92. The second-order valence-electron chi connectivity index (χ2n) is 6.53. The highest BCUT2D eigenvalue weighted by atomic mass is 16.5. The molecule has 148 valence electrons. The lowest BCUT2D eigenvalue weighted by molar-refractivity contribution is -0.545. The van der Waals surface area contributed by atoms with Crippen molar-refractivity contribution < 1.29 is 24.0 Å². The summed E-state index contributed by atoms with van der Waals surface area (Å²) in [7, 11) is 3.00. The van der Waals surface area contributed by atoms with Crippen LogP contribution in [0.1, 0.15) is 0 Å². The van der Waals surface area contributed by atoms with Crippen molar-refractivity contribution in [3.8, 4) is 5.75 Å². The Hall–Kier alpha value is -3.20. The van der Waals surface area contributed by atoms with E-state index in [0.717, 1.165) is 4.90 Å². The summed E-state index contributed by atoms with van der Waals surface area (Å²) in [4.78, 5) is 31.8. The molecular weight excluding hydrogens is 362 g/mol.